The highest BCUT2D eigenvalue weighted by molar-refractivity contribution is 6.32. The lowest BCUT2D eigenvalue weighted by molar-refractivity contribution is 0.253. The first-order valence-electron chi connectivity index (χ1n) is 10.5. The van der Waals surface area contributed by atoms with Crippen LogP contribution < -0.4 is 9.47 Å². The molecule has 0 atom stereocenters. The lowest BCUT2D eigenvalue weighted by Crippen LogP contribution is -2.12. The van der Waals surface area contributed by atoms with Crippen LogP contribution in [-0.2, 0) is 6.54 Å². The zero-order valence-corrected chi connectivity index (χ0v) is 18.8. The fourth-order valence-corrected chi connectivity index (χ4v) is 3.65. The summed E-state index contributed by atoms with van der Waals surface area (Å²) in [6.45, 7) is 4.78. The summed E-state index contributed by atoms with van der Waals surface area (Å²) in [4.78, 5) is 0. The van der Waals surface area contributed by atoms with Crippen molar-refractivity contribution in [2.45, 2.75) is 20.4 Å². The Kier molecular flexibility index (Phi) is 6.76. The zero-order valence-electron chi connectivity index (χ0n) is 18.0. The smallest absolute Gasteiger partial charge is 0.249 e. The Labute approximate surface area is 192 Å². The van der Waals surface area contributed by atoms with Crippen LogP contribution in [0.5, 0.6) is 11.6 Å². The van der Waals surface area contributed by atoms with E-state index in [0.717, 1.165) is 11.1 Å². The number of aryl methyl sites for hydroxylation is 1. The van der Waals surface area contributed by atoms with E-state index in [9.17, 15) is 4.39 Å². The topological polar surface area (TPSA) is 36.3 Å². The molecule has 0 saturated heterocycles. The van der Waals surface area contributed by atoms with Crippen molar-refractivity contribution >= 4 is 11.6 Å². The number of benzene rings is 3. The summed E-state index contributed by atoms with van der Waals surface area (Å²) in [6, 6.07) is 23.2. The normalized spacial score (nSPS) is 10.9. The maximum absolute atomic E-state index is 14.9. The van der Waals surface area contributed by atoms with Crippen LogP contribution >= 0.6 is 11.6 Å². The molecule has 0 unspecified atom stereocenters. The number of nitrogens with zero attached hydrogens (tertiary/aromatic N) is 2. The van der Waals surface area contributed by atoms with Gasteiger partial charge in [0.25, 0.3) is 0 Å². The van der Waals surface area contributed by atoms with E-state index >= 15 is 0 Å². The molecular formula is C26H24ClFN2O2. The van der Waals surface area contributed by atoms with Crippen molar-refractivity contribution in [1.82, 2.24) is 9.78 Å². The first-order chi connectivity index (χ1) is 15.6. The molecule has 0 saturated carbocycles. The van der Waals surface area contributed by atoms with Gasteiger partial charge in [0.15, 0.2) is 0 Å². The van der Waals surface area contributed by atoms with Gasteiger partial charge in [0, 0.05) is 5.56 Å². The Hall–Kier alpha value is -3.31. The van der Waals surface area contributed by atoms with Crippen molar-refractivity contribution in [2.24, 2.45) is 0 Å². The van der Waals surface area contributed by atoms with Crippen LogP contribution in [-0.4, -0.2) is 23.0 Å². The van der Waals surface area contributed by atoms with E-state index in [2.05, 4.69) is 36.3 Å². The molecule has 32 heavy (non-hydrogen) atoms. The van der Waals surface area contributed by atoms with Crippen LogP contribution in [0.15, 0.2) is 72.8 Å². The molecule has 6 heteroatoms. The van der Waals surface area contributed by atoms with E-state index in [-0.39, 0.29) is 18.2 Å². The molecular weight excluding hydrogens is 427 g/mol. The Morgan fingerprint density at radius 1 is 0.906 bits per heavy atom. The maximum atomic E-state index is 14.9. The number of rotatable bonds is 8. The third kappa shape index (κ3) is 4.78. The molecule has 3 aromatic carbocycles. The van der Waals surface area contributed by atoms with Gasteiger partial charge < -0.3 is 9.47 Å². The average Bonchev–Trinajstić information content (AvgIpc) is 3.11. The van der Waals surface area contributed by atoms with E-state index in [0.29, 0.717) is 29.5 Å². The molecule has 4 nitrogen and oxygen atoms in total. The van der Waals surface area contributed by atoms with Gasteiger partial charge in [-0.2, -0.15) is 9.49 Å². The van der Waals surface area contributed by atoms with Crippen LogP contribution in [0.4, 0.5) is 4.39 Å². The van der Waals surface area contributed by atoms with Crippen molar-refractivity contribution in [3.8, 4) is 34.0 Å². The van der Waals surface area contributed by atoms with Gasteiger partial charge in [0.1, 0.15) is 18.1 Å². The summed E-state index contributed by atoms with van der Waals surface area (Å²) in [7, 11) is 0. The molecule has 0 aliphatic heterocycles. The standard InChI is InChI=1S/C26H24ClFN2O2/c1-3-31-26-24(28)25(20-7-5-4-6-8-20)29-30(26)15-16-32-23-14-13-21(17-22(23)27)19-11-9-18(2)10-12-19/h4-14,17H,3,15-16H2,1-2H3. The zero-order chi connectivity index (χ0) is 22.5. The van der Waals surface area contributed by atoms with Crippen molar-refractivity contribution in [3.63, 3.8) is 0 Å². The number of ether oxygens (including phenoxy) is 2. The van der Waals surface area contributed by atoms with Gasteiger partial charge >= 0.3 is 0 Å². The summed E-state index contributed by atoms with van der Waals surface area (Å²) >= 11 is 6.45. The molecule has 1 aromatic heterocycles. The summed E-state index contributed by atoms with van der Waals surface area (Å²) < 4.78 is 27.8. The van der Waals surface area contributed by atoms with Crippen molar-refractivity contribution in [1.29, 1.82) is 0 Å². The van der Waals surface area contributed by atoms with E-state index in [1.165, 1.54) is 10.2 Å². The fourth-order valence-electron chi connectivity index (χ4n) is 3.42. The van der Waals surface area contributed by atoms with E-state index in [1.54, 1.807) is 0 Å². The fraction of sp³-hybridized carbons (Fsp3) is 0.192. The molecule has 0 bridgehead atoms. The molecule has 0 aliphatic rings. The Bertz CT molecular complexity index is 1190. The first kappa shape index (κ1) is 21.9. The first-order valence-corrected chi connectivity index (χ1v) is 10.9. The van der Waals surface area contributed by atoms with Crippen LogP contribution in [0.1, 0.15) is 12.5 Å². The van der Waals surface area contributed by atoms with Gasteiger partial charge in [-0.1, -0.05) is 77.8 Å². The lowest BCUT2D eigenvalue weighted by atomic mass is 10.0. The molecule has 0 radical (unpaired) electrons. The largest absolute Gasteiger partial charge is 0.490 e. The van der Waals surface area contributed by atoms with Gasteiger partial charge in [-0.05, 0) is 37.1 Å². The van der Waals surface area contributed by atoms with Crippen molar-refractivity contribution in [3.05, 3.63) is 89.2 Å². The predicted octanol–water partition coefficient (Wildman–Crippen LogP) is 6.80. The molecule has 4 rings (SSSR count). The van der Waals surface area contributed by atoms with Crippen LogP contribution in [0.2, 0.25) is 5.02 Å². The SMILES string of the molecule is CCOc1c(F)c(-c2ccccc2)nn1CCOc1ccc(-c2ccc(C)cc2)cc1Cl. The van der Waals surface area contributed by atoms with Crippen molar-refractivity contribution in [2.75, 3.05) is 13.2 Å². The predicted molar refractivity (Wildman–Crippen MR) is 126 cm³/mol. The number of hydrogen-bond acceptors (Lipinski definition) is 3. The Morgan fingerprint density at radius 2 is 1.62 bits per heavy atom. The number of halogens is 2. The van der Waals surface area contributed by atoms with Gasteiger partial charge in [0.05, 0.1) is 18.2 Å². The highest BCUT2D eigenvalue weighted by Crippen LogP contribution is 2.31. The highest BCUT2D eigenvalue weighted by Gasteiger charge is 2.20. The molecule has 0 amide bonds. The molecule has 164 valence electrons. The van der Waals surface area contributed by atoms with Crippen LogP contribution in [0.25, 0.3) is 22.4 Å². The van der Waals surface area contributed by atoms with Crippen LogP contribution in [0.3, 0.4) is 0 Å². The minimum Gasteiger partial charge on any atom is -0.490 e. The van der Waals surface area contributed by atoms with Gasteiger partial charge in [-0.25, -0.2) is 4.68 Å². The van der Waals surface area contributed by atoms with Gasteiger partial charge in [-0.3, -0.25) is 0 Å². The van der Waals surface area contributed by atoms with E-state index in [4.69, 9.17) is 21.1 Å². The van der Waals surface area contributed by atoms with Crippen LogP contribution in [0, 0.1) is 12.7 Å². The van der Waals surface area contributed by atoms with E-state index in [1.807, 2.05) is 55.5 Å². The minimum absolute atomic E-state index is 0.107. The summed E-state index contributed by atoms with van der Waals surface area (Å²) in [5, 5.41) is 4.94. The quantitative estimate of drug-likeness (QED) is 0.296. The lowest BCUT2D eigenvalue weighted by Gasteiger charge is -2.11. The monoisotopic (exact) mass is 450 g/mol. The second-order valence-corrected chi connectivity index (χ2v) is 7.76. The Morgan fingerprint density at radius 3 is 2.31 bits per heavy atom. The summed E-state index contributed by atoms with van der Waals surface area (Å²) in [5.41, 5.74) is 4.26. The second-order valence-electron chi connectivity index (χ2n) is 7.35. The molecule has 0 fully saturated rings. The molecule has 1 heterocycles. The van der Waals surface area contributed by atoms with Gasteiger partial charge in [-0.15, -0.1) is 0 Å². The molecule has 0 aliphatic carbocycles. The molecule has 0 N–H and O–H groups in total. The molecule has 4 aromatic rings. The molecule has 0 spiro atoms. The summed E-state index contributed by atoms with van der Waals surface area (Å²) in [5.74, 6) is 0.200. The highest BCUT2D eigenvalue weighted by atomic mass is 35.5. The number of aromatic nitrogens is 2. The van der Waals surface area contributed by atoms with E-state index < -0.39 is 5.82 Å². The summed E-state index contributed by atoms with van der Waals surface area (Å²) in [6.07, 6.45) is 0. The second kappa shape index (κ2) is 9.88. The minimum atomic E-state index is -0.474. The Balaban J connectivity index is 1.48. The maximum Gasteiger partial charge on any atom is 0.249 e. The van der Waals surface area contributed by atoms with Gasteiger partial charge in [0.2, 0.25) is 11.7 Å². The average molecular weight is 451 g/mol. The number of hydrogen-bond donors (Lipinski definition) is 0. The van der Waals surface area contributed by atoms with Crippen molar-refractivity contribution < 1.29 is 13.9 Å². The third-order valence-electron chi connectivity index (χ3n) is 5.06. The third-order valence-corrected chi connectivity index (χ3v) is 5.35.